The Morgan fingerprint density at radius 1 is 1.35 bits per heavy atom. The number of hydrogen-bond donors (Lipinski definition) is 0. The number of aryl methyl sites for hydroxylation is 2. The van der Waals surface area contributed by atoms with Gasteiger partial charge in [-0.1, -0.05) is 18.6 Å². The van der Waals surface area contributed by atoms with E-state index in [1.165, 1.54) is 18.4 Å². The second-order valence-electron chi connectivity index (χ2n) is 4.77. The summed E-state index contributed by atoms with van der Waals surface area (Å²) in [5.41, 5.74) is 1.48. The molecule has 1 atom stereocenters. The van der Waals surface area contributed by atoms with E-state index < -0.39 is 0 Å². The Labute approximate surface area is 104 Å². The zero-order chi connectivity index (χ0) is 12.7. The molecule has 0 aliphatic carbocycles. The van der Waals surface area contributed by atoms with Crippen LogP contribution in [0.4, 0.5) is 0 Å². The summed E-state index contributed by atoms with van der Waals surface area (Å²) in [7, 11) is 0. The summed E-state index contributed by atoms with van der Waals surface area (Å²) in [6.07, 6.45) is 8.36. The highest BCUT2D eigenvalue weighted by Gasteiger charge is 2.05. The topological polar surface area (TPSA) is 38.7 Å². The third-order valence-corrected chi connectivity index (χ3v) is 3.13. The van der Waals surface area contributed by atoms with Gasteiger partial charge in [0.2, 0.25) is 0 Å². The summed E-state index contributed by atoms with van der Waals surface area (Å²) < 4.78 is 0. The Kier molecular flexibility index (Phi) is 5.81. The fourth-order valence-corrected chi connectivity index (χ4v) is 1.68. The largest absolute Gasteiger partial charge is 0.222 e. The van der Waals surface area contributed by atoms with Crippen LogP contribution in [0.15, 0.2) is 18.0 Å². The fourth-order valence-electron chi connectivity index (χ4n) is 1.68. The van der Waals surface area contributed by atoms with Crippen molar-refractivity contribution < 1.29 is 0 Å². The van der Waals surface area contributed by atoms with E-state index in [2.05, 4.69) is 41.8 Å². The van der Waals surface area contributed by atoms with E-state index in [0.29, 0.717) is 0 Å². The second-order valence-corrected chi connectivity index (χ2v) is 4.77. The fraction of sp³-hybridized carbons (Fsp3) is 0.643. The van der Waals surface area contributed by atoms with Crippen LogP contribution in [0.25, 0.3) is 0 Å². The highest BCUT2D eigenvalue weighted by Crippen LogP contribution is 2.16. The number of allylic oxidation sites excluding steroid dienone is 2. The molecule has 0 radical (unpaired) electrons. The van der Waals surface area contributed by atoms with Crippen molar-refractivity contribution in [3.05, 3.63) is 29.6 Å². The Morgan fingerprint density at radius 3 is 2.76 bits per heavy atom. The normalized spacial score (nSPS) is 13.8. The van der Waals surface area contributed by atoms with Crippen molar-refractivity contribution in [1.82, 2.24) is 15.0 Å². The van der Waals surface area contributed by atoms with Crippen LogP contribution in [-0.4, -0.2) is 15.0 Å². The molecule has 0 fully saturated rings. The Hall–Kier alpha value is -1.25. The third kappa shape index (κ3) is 5.57. The first-order valence-corrected chi connectivity index (χ1v) is 6.38. The predicted octanol–water partition coefficient (Wildman–Crippen LogP) is 3.50. The molecule has 1 heterocycles. The monoisotopic (exact) mass is 233 g/mol. The van der Waals surface area contributed by atoms with Gasteiger partial charge in [0.1, 0.15) is 18.0 Å². The van der Waals surface area contributed by atoms with Crippen molar-refractivity contribution in [2.24, 2.45) is 5.92 Å². The molecule has 94 valence electrons. The third-order valence-electron chi connectivity index (χ3n) is 3.13. The lowest BCUT2D eigenvalue weighted by Crippen LogP contribution is -2.03. The summed E-state index contributed by atoms with van der Waals surface area (Å²) >= 11 is 0. The summed E-state index contributed by atoms with van der Waals surface area (Å²) in [6.45, 7) is 8.51. The first-order chi connectivity index (χ1) is 8.11. The number of aromatic nitrogens is 3. The van der Waals surface area contributed by atoms with Crippen molar-refractivity contribution in [3.8, 4) is 0 Å². The number of rotatable bonds is 6. The average molecular weight is 233 g/mol. The molecule has 3 heteroatoms. The van der Waals surface area contributed by atoms with E-state index in [1.807, 2.05) is 6.92 Å². The van der Waals surface area contributed by atoms with Gasteiger partial charge in [0.25, 0.3) is 0 Å². The van der Waals surface area contributed by atoms with E-state index >= 15 is 0 Å². The molecule has 1 aromatic heterocycles. The van der Waals surface area contributed by atoms with Gasteiger partial charge in [-0.2, -0.15) is 0 Å². The minimum absolute atomic E-state index is 0.724. The summed E-state index contributed by atoms with van der Waals surface area (Å²) in [5.74, 6) is 2.46. The van der Waals surface area contributed by atoms with Crippen molar-refractivity contribution >= 4 is 0 Å². The second kappa shape index (κ2) is 7.15. The van der Waals surface area contributed by atoms with Gasteiger partial charge in [-0.3, -0.25) is 0 Å². The SMILES string of the molecule is CC=C(C)CCC(C)CCc1ncnc(C)n1. The Balaban J connectivity index is 2.30. The quantitative estimate of drug-likeness (QED) is 0.706. The van der Waals surface area contributed by atoms with E-state index in [1.54, 1.807) is 6.33 Å². The molecule has 0 spiro atoms. The van der Waals surface area contributed by atoms with Gasteiger partial charge in [-0.05, 0) is 46.0 Å². The molecule has 0 bridgehead atoms. The van der Waals surface area contributed by atoms with E-state index in [4.69, 9.17) is 0 Å². The molecule has 0 saturated carbocycles. The molecule has 0 N–H and O–H groups in total. The molecule has 3 nitrogen and oxygen atoms in total. The highest BCUT2D eigenvalue weighted by atomic mass is 15.0. The van der Waals surface area contributed by atoms with Crippen LogP contribution in [0.5, 0.6) is 0 Å². The predicted molar refractivity (Wildman–Crippen MR) is 70.7 cm³/mol. The maximum Gasteiger partial charge on any atom is 0.132 e. The standard InChI is InChI=1S/C14H23N3/c1-5-11(2)6-7-12(3)8-9-14-16-10-15-13(4)17-14/h5,10,12H,6-9H2,1-4H3. The molecule has 1 aromatic rings. The van der Waals surface area contributed by atoms with Crippen molar-refractivity contribution in [2.75, 3.05) is 0 Å². The van der Waals surface area contributed by atoms with Gasteiger partial charge >= 0.3 is 0 Å². The molecule has 0 aromatic carbocycles. The molecular weight excluding hydrogens is 210 g/mol. The molecule has 0 saturated heterocycles. The van der Waals surface area contributed by atoms with Crippen molar-refractivity contribution in [1.29, 1.82) is 0 Å². The zero-order valence-corrected chi connectivity index (χ0v) is 11.4. The van der Waals surface area contributed by atoms with Crippen molar-refractivity contribution in [2.45, 2.75) is 53.4 Å². The van der Waals surface area contributed by atoms with E-state index in [-0.39, 0.29) is 0 Å². The summed E-state index contributed by atoms with van der Waals surface area (Å²) in [4.78, 5) is 12.5. The molecule has 0 aliphatic heterocycles. The number of nitrogens with zero attached hydrogens (tertiary/aromatic N) is 3. The van der Waals surface area contributed by atoms with Gasteiger partial charge in [0, 0.05) is 6.42 Å². The lowest BCUT2D eigenvalue weighted by molar-refractivity contribution is 0.485. The first kappa shape index (κ1) is 13.8. The first-order valence-electron chi connectivity index (χ1n) is 6.38. The Bertz CT molecular complexity index is 371. The maximum atomic E-state index is 4.32. The minimum Gasteiger partial charge on any atom is -0.222 e. The van der Waals surface area contributed by atoms with Crippen LogP contribution in [0.3, 0.4) is 0 Å². The summed E-state index contributed by atoms with van der Waals surface area (Å²) in [5, 5.41) is 0. The van der Waals surface area contributed by atoms with Crippen LogP contribution in [0.2, 0.25) is 0 Å². The average Bonchev–Trinajstić information content (AvgIpc) is 2.33. The molecular formula is C14H23N3. The van der Waals surface area contributed by atoms with Crippen molar-refractivity contribution in [3.63, 3.8) is 0 Å². The van der Waals surface area contributed by atoms with Gasteiger partial charge in [0.15, 0.2) is 0 Å². The smallest absolute Gasteiger partial charge is 0.132 e. The van der Waals surface area contributed by atoms with Crippen LogP contribution in [0, 0.1) is 12.8 Å². The molecule has 17 heavy (non-hydrogen) atoms. The Morgan fingerprint density at radius 2 is 2.12 bits per heavy atom. The highest BCUT2D eigenvalue weighted by molar-refractivity contribution is 4.95. The van der Waals surface area contributed by atoms with E-state index in [9.17, 15) is 0 Å². The molecule has 1 rings (SSSR count). The molecule has 0 amide bonds. The maximum absolute atomic E-state index is 4.32. The van der Waals surface area contributed by atoms with Crippen LogP contribution in [0.1, 0.15) is 51.7 Å². The van der Waals surface area contributed by atoms with Gasteiger partial charge in [-0.15, -0.1) is 0 Å². The van der Waals surface area contributed by atoms with Gasteiger partial charge in [0.05, 0.1) is 0 Å². The van der Waals surface area contributed by atoms with E-state index in [0.717, 1.165) is 30.4 Å². The van der Waals surface area contributed by atoms with Crippen LogP contribution in [-0.2, 0) is 6.42 Å². The van der Waals surface area contributed by atoms with Crippen LogP contribution < -0.4 is 0 Å². The summed E-state index contributed by atoms with van der Waals surface area (Å²) in [6, 6.07) is 0. The van der Waals surface area contributed by atoms with Gasteiger partial charge < -0.3 is 0 Å². The van der Waals surface area contributed by atoms with Gasteiger partial charge in [-0.25, -0.2) is 15.0 Å². The number of hydrogen-bond acceptors (Lipinski definition) is 3. The zero-order valence-electron chi connectivity index (χ0n) is 11.4. The van der Waals surface area contributed by atoms with Crippen LogP contribution >= 0.6 is 0 Å². The molecule has 1 unspecified atom stereocenters. The lowest BCUT2D eigenvalue weighted by Gasteiger charge is -2.10. The molecule has 0 aliphatic rings. The minimum atomic E-state index is 0.724. The lowest BCUT2D eigenvalue weighted by atomic mass is 9.97.